The fourth-order valence-corrected chi connectivity index (χ4v) is 3.92. The predicted molar refractivity (Wildman–Crippen MR) is 118 cm³/mol. The monoisotopic (exact) mass is 446 g/mol. The van der Waals surface area contributed by atoms with Crippen LogP contribution in [0.15, 0.2) is 47.4 Å². The summed E-state index contributed by atoms with van der Waals surface area (Å²) in [6, 6.07) is 10.8. The van der Waals surface area contributed by atoms with Gasteiger partial charge in [-0.3, -0.25) is 9.59 Å². The number of likely N-dealkylation sites (N-methyl/N-ethyl adjacent to an activating group) is 1. The number of amides is 2. The van der Waals surface area contributed by atoms with E-state index in [-0.39, 0.29) is 23.3 Å². The molecule has 1 aliphatic rings. The van der Waals surface area contributed by atoms with Crippen LogP contribution in [0.3, 0.4) is 0 Å². The fourth-order valence-electron chi connectivity index (χ4n) is 3.02. The molecule has 2 aromatic rings. The van der Waals surface area contributed by atoms with Crippen LogP contribution in [0.5, 0.6) is 5.75 Å². The van der Waals surface area contributed by atoms with Crippen LogP contribution in [0.25, 0.3) is 0 Å². The summed E-state index contributed by atoms with van der Waals surface area (Å²) >= 11 is 0. The average Bonchev–Trinajstić information content (AvgIpc) is 2.73. The molecular weight excluding hydrogens is 420 g/mol. The van der Waals surface area contributed by atoms with Crippen molar-refractivity contribution in [1.29, 1.82) is 0 Å². The van der Waals surface area contributed by atoms with Gasteiger partial charge in [0.15, 0.2) is 6.61 Å². The molecule has 0 saturated heterocycles. The number of anilines is 2. The number of carbonyl (C=O) groups is 2. The van der Waals surface area contributed by atoms with E-state index in [4.69, 9.17) is 4.74 Å². The van der Waals surface area contributed by atoms with Crippen LogP contribution >= 0.6 is 0 Å². The van der Waals surface area contributed by atoms with Crippen molar-refractivity contribution in [3.63, 3.8) is 0 Å². The molecule has 0 spiro atoms. The second-order valence-corrected chi connectivity index (χ2v) is 9.74. The molecule has 166 valence electrons. The van der Waals surface area contributed by atoms with Gasteiger partial charge in [-0.05, 0) is 50.5 Å². The van der Waals surface area contributed by atoms with Crippen molar-refractivity contribution in [3.8, 4) is 5.75 Å². The van der Waals surface area contributed by atoms with E-state index in [1.54, 1.807) is 23.1 Å². The quantitative estimate of drug-likeness (QED) is 0.692. The highest BCUT2D eigenvalue weighted by molar-refractivity contribution is 7.89. The molecule has 0 fully saturated rings. The van der Waals surface area contributed by atoms with Crippen molar-refractivity contribution in [3.05, 3.63) is 48.0 Å². The van der Waals surface area contributed by atoms with E-state index >= 15 is 0 Å². The summed E-state index contributed by atoms with van der Waals surface area (Å²) in [6.07, 6.45) is 0. The SMILES string of the molecule is CN(C)CCN1C(=O)COc2cc(NC(=O)c3ccc(S(=O)(=O)N(C)C)cc3)ccc21. The number of ether oxygens (including phenoxy) is 1. The van der Waals surface area contributed by atoms with Crippen LogP contribution in [0.4, 0.5) is 11.4 Å². The number of fused-ring (bicyclic) bond motifs is 1. The summed E-state index contributed by atoms with van der Waals surface area (Å²) in [5.74, 6) is 0.0209. The second-order valence-electron chi connectivity index (χ2n) is 7.59. The lowest BCUT2D eigenvalue weighted by Crippen LogP contribution is -2.42. The predicted octanol–water partition coefficient (Wildman–Crippen LogP) is 1.48. The minimum atomic E-state index is -3.56. The van der Waals surface area contributed by atoms with Crippen molar-refractivity contribution < 1.29 is 22.7 Å². The van der Waals surface area contributed by atoms with E-state index in [0.29, 0.717) is 35.8 Å². The van der Waals surface area contributed by atoms with Crippen LogP contribution in [0, 0.1) is 0 Å². The van der Waals surface area contributed by atoms with Crippen LogP contribution in [-0.2, 0) is 14.8 Å². The second kappa shape index (κ2) is 9.04. The van der Waals surface area contributed by atoms with Crippen molar-refractivity contribution in [2.75, 3.05) is 58.1 Å². The first-order chi connectivity index (χ1) is 14.6. The Morgan fingerprint density at radius 1 is 1.10 bits per heavy atom. The lowest BCUT2D eigenvalue weighted by molar-refractivity contribution is -0.121. The minimum Gasteiger partial charge on any atom is -0.481 e. The maximum Gasteiger partial charge on any atom is 0.265 e. The zero-order valence-corrected chi connectivity index (χ0v) is 18.8. The molecule has 1 N–H and O–H groups in total. The molecule has 10 heteroatoms. The van der Waals surface area contributed by atoms with E-state index < -0.39 is 10.0 Å². The van der Waals surface area contributed by atoms with Crippen molar-refractivity contribution in [2.24, 2.45) is 0 Å². The molecule has 2 aromatic carbocycles. The van der Waals surface area contributed by atoms with E-state index in [2.05, 4.69) is 5.32 Å². The van der Waals surface area contributed by atoms with Crippen LogP contribution in [0.1, 0.15) is 10.4 Å². The number of nitrogens with one attached hydrogen (secondary N) is 1. The molecule has 9 nitrogen and oxygen atoms in total. The molecule has 0 aliphatic carbocycles. The Morgan fingerprint density at radius 3 is 2.39 bits per heavy atom. The first-order valence-electron chi connectivity index (χ1n) is 9.65. The number of sulfonamides is 1. The van der Waals surface area contributed by atoms with Gasteiger partial charge < -0.3 is 19.9 Å². The molecule has 0 radical (unpaired) electrons. The highest BCUT2D eigenvalue weighted by Gasteiger charge is 2.26. The van der Waals surface area contributed by atoms with Gasteiger partial charge in [0.2, 0.25) is 10.0 Å². The smallest absolute Gasteiger partial charge is 0.265 e. The number of nitrogens with zero attached hydrogens (tertiary/aromatic N) is 3. The van der Waals surface area contributed by atoms with Gasteiger partial charge in [0.05, 0.1) is 10.6 Å². The summed E-state index contributed by atoms with van der Waals surface area (Å²) in [5.41, 5.74) is 1.49. The topological polar surface area (TPSA) is 99.3 Å². The lowest BCUT2D eigenvalue weighted by atomic mass is 10.2. The minimum absolute atomic E-state index is 0.0559. The largest absolute Gasteiger partial charge is 0.481 e. The van der Waals surface area contributed by atoms with E-state index in [9.17, 15) is 18.0 Å². The maximum atomic E-state index is 12.6. The first kappa shape index (κ1) is 22.7. The van der Waals surface area contributed by atoms with Gasteiger partial charge in [0.25, 0.3) is 11.8 Å². The van der Waals surface area contributed by atoms with Gasteiger partial charge in [0.1, 0.15) is 5.75 Å². The molecule has 0 atom stereocenters. The van der Waals surface area contributed by atoms with Crippen LogP contribution in [0.2, 0.25) is 0 Å². The Balaban J connectivity index is 1.75. The zero-order chi connectivity index (χ0) is 22.8. The summed E-state index contributed by atoms with van der Waals surface area (Å²) in [7, 11) is 3.21. The third-order valence-corrected chi connectivity index (χ3v) is 6.66. The Morgan fingerprint density at radius 2 is 1.77 bits per heavy atom. The van der Waals surface area contributed by atoms with Gasteiger partial charge in [-0.2, -0.15) is 0 Å². The third-order valence-electron chi connectivity index (χ3n) is 4.83. The first-order valence-corrected chi connectivity index (χ1v) is 11.1. The normalized spacial score (nSPS) is 13.9. The van der Waals surface area contributed by atoms with E-state index in [0.717, 1.165) is 4.31 Å². The van der Waals surface area contributed by atoms with Crippen LogP contribution in [-0.4, -0.2) is 77.3 Å². The van der Waals surface area contributed by atoms with Gasteiger partial charge in [-0.25, -0.2) is 12.7 Å². The van der Waals surface area contributed by atoms with E-state index in [1.807, 2.05) is 19.0 Å². The van der Waals surface area contributed by atoms with Gasteiger partial charge in [-0.1, -0.05) is 0 Å². The highest BCUT2D eigenvalue weighted by atomic mass is 32.2. The number of rotatable bonds is 7. The van der Waals surface area contributed by atoms with Gasteiger partial charge in [0, 0.05) is 44.5 Å². The Hall–Kier alpha value is -2.95. The average molecular weight is 447 g/mol. The number of benzene rings is 2. The van der Waals surface area contributed by atoms with Crippen molar-refractivity contribution in [2.45, 2.75) is 4.90 Å². The summed E-state index contributed by atoms with van der Waals surface area (Å²) < 4.78 is 31.0. The highest BCUT2D eigenvalue weighted by Crippen LogP contribution is 2.34. The molecule has 0 unspecified atom stereocenters. The molecule has 1 heterocycles. The number of hydrogen-bond donors (Lipinski definition) is 1. The van der Waals surface area contributed by atoms with Gasteiger partial charge in [-0.15, -0.1) is 0 Å². The molecule has 31 heavy (non-hydrogen) atoms. The fraction of sp³-hybridized carbons (Fsp3) is 0.333. The summed E-state index contributed by atoms with van der Waals surface area (Å²) in [5, 5.41) is 2.78. The molecule has 0 bridgehead atoms. The molecule has 0 saturated carbocycles. The van der Waals surface area contributed by atoms with Crippen LogP contribution < -0.4 is 15.0 Å². The third kappa shape index (κ3) is 5.04. The molecule has 3 rings (SSSR count). The summed E-state index contributed by atoms with van der Waals surface area (Å²) in [4.78, 5) is 28.6. The number of hydrogen-bond acceptors (Lipinski definition) is 6. The Bertz CT molecular complexity index is 1080. The Labute approximate surface area is 182 Å². The molecule has 2 amide bonds. The Kier molecular flexibility index (Phi) is 6.63. The molecule has 1 aliphatic heterocycles. The lowest BCUT2D eigenvalue weighted by Gasteiger charge is -2.30. The van der Waals surface area contributed by atoms with Crippen molar-refractivity contribution >= 4 is 33.2 Å². The summed E-state index contributed by atoms with van der Waals surface area (Å²) in [6.45, 7) is 1.19. The van der Waals surface area contributed by atoms with Crippen molar-refractivity contribution in [1.82, 2.24) is 9.21 Å². The van der Waals surface area contributed by atoms with Gasteiger partial charge >= 0.3 is 0 Å². The number of carbonyl (C=O) groups excluding carboxylic acids is 2. The molecule has 0 aromatic heterocycles. The standard InChI is InChI=1S/C21H26N4O5S/c1-23(2)11-12-25-18-10-7-16(13-19(18)30-14-20(25)26)22-21(27)15-5-8-17(9-6-15)31(28,29)24(3)4/h5-10,13H,11-12,14H2,1-4H3,(H,22,27). The van der Waals surface area contributed by atoms with E-state index in [1.165, 1.54) is 38.4 Å². The zero-order valence-electron chi connectivity index (χ0n) is 18.0. The molecular formula is C21H26N4O5S. The maximum absolute atomic E-state index is 12.6.